The van der Waals surface area contributed by atoms with Gasteiger partial charge in [0.15, 0.2) is 0 Å². The monoisotopic (exact) mass is 210 g/mol. The van der Waals surface area contributed by atoms with E-state index in [0.29, 0.717) is 10.7 Å². The summed E-state index contributed by atoms with van der Waals surface area (Å²) in [4.78, 5) is 13.5. The molecule has 2 rings (SSSR count). The van der Waals surface area contributed by atoms with Crippen LogP contribution in [0.5, 0.6) is 5.88 Å². The summed E-state index contributed by atoms with van der Waals surface area (Å²) < 4.78 is 1.30. The van der Waals surface area contributed by atoms with E-state index in [1.54, 1.807) is 24.3 Å². The molecule has 0 aliphatic heterocycles. The van der Waals surface area contributed by atoms with Crippen LogP contribution in [-0.2, 0) is 0 Å². The molecule has 5 heteroatoms. The average Bonchev–Trinajstić information content (AvgIpc) is 2.47. The molecule has 0 atom stereocenters. The Morgan fingerprint density at radius 1 is 1.29 bits per heavy atom. The first kappa shape index (κ1) is 8.90. The number of H-pyrrole nitrogens is 1. The van der Waals surface area contributed by atoms with Crippen molar-refractivity contribution >= 4 is 11.6 Å². The number of rotatable bonds is 1. The number of hydrogen-bond donors (Lipinski definition) is 2. The highest BCUT2D eigenvalue weighted by molar-refractivity contribution is 6.30. The first-order chi connectivity index (χ1) is 6.66. The van der Waals surface area contributed by atoms with Crippen LogP contribution in [0.25, 0.3) is 5.69 Å². The number of benzene rings is 1. The van der Waals surface area contributed by atoms with Crippen molar-refractivity contribution in [3.05, 3.63) is 46.0 Å². The lowest BCUT2D eigenvalue weighted by molar-refractivity contribution is 0.455. The summed E-state index contributed by atoms with van der Waals surface area (Å²) in [6, 6.07) is 6.73. The summed E-state index contributed by atoms with van der Waals surface area (Å²) in [7, 11) is 0. The average molecular weight is 211 g/mol. The smallest absolute Gasteiger partial charge is 0.332 e. The van der Waals surface area contributed by atoms with Crippen molar-refractivity contribution in [3.8, 4) is 11.6 Å². The van der Waals surface area contributed by atoms with E-state index < -0.39 is 0 Å². The van der Waals surface area contributed by atoms with Gasteiger partial charge in [-0.1, -0.05) is 11.6 Å². The van der Waals surface area contributed by atoms with Crippen molar-refractivity contribution in [2.24, 2.45) is 0 Å². The minimum Gasteiger partial charge on any atom is -0.493 e. The van der Waals surface area contributed by atoms with E-state index in [-0.39, 0.29) is 11.6 Å². The molecular formula is C9H7ClN2O2. The van der Waals surface area contributed by atoms with E-state index in [2.05, 4.69) is 4.98 Å². The molecule has 4 nitrogen and oxygen atoms in total. The molecule has 2 N–H and O–H groups in total. The lowest BCUT2D eigenvalue weighted by Crippen LogP contribution is -2.13. The maximum atomic E-state index is 11.2. The van der Waals surface area contributed by atoms with Gasteiger partial charge >= 0.3 is 5.69 Å². The van der Waals surface area contributed by atoms with Crippen molar-refractivity contribution < 1.29 is 5.11 Å². The van der Waals surface area contributed by atoms with Crippen molar-refractivity contribution in [1.82, 2.24) is 9.55 Å². The predicted octanol–water partition coefficient (Wildman–Crippen LogP) is 1.52. The fraction of sp³-hybridized carbons (Fsp3) is 0. The molecule has 1 heterocycles. The molecule has 0 spiro atoms. The maximum absolute atomic E-state index is 11.2. The Balaban J connectivity index is 2.54. The van der Waals surface area contributed by atoms with Crippen LogP contribution in [0, 0.1) is 0 Å². The van der Waals surface area contributed by atoms with Crippen LogP contribution in [0.1, 0.15) is 0 Å². The van der Waals surface area contributed by atoms with Crippen LogP contribution < -0.4 is 5.69 Å². The zero-order valence-electron chi connectivity index (χ0n) is 7.07. The number of aromatic nitrogens is 2. The van der Waals surface area contributed by atoms with Gasteiger partial charge in [0.05, 0.1) is 11.9 Å². The SMILES string of the molecule is O=c1[nH]c(O)cn1-c1ccc(Cl)cc1. The zero-order chi connectivity index (χ0) is 10.1. The Kier molecular flexibility index (Phi) is 2.05. The summed E-state index contributed by atoms with van der Waals surface area (Å²) >= 11 is 5.70. The molecule has 0 bridgehead atoms. The maximum Gasteiger partial charge on any atom is 0.332 e. The van der Waals surface area contributed by atoms with Gasteiger partial charge in [-0.25, -0.2) is 4.79 Å². The minimum absolute atomic E-state index is 0.162. The summed E-state index contributed by atoms with van der Waals surface area (Å²) in [6.45, 7) is 0. The van der Waals surface area contributed by atoms with Crippen molar-refractivity contribution in [3.63, 3.8) is 0 Å². The van der Waals surface area contributed by atoms with Gasteiger partial charge in [-0.05, 0) is 24.3 Å². The van der Waals surface area contributed by atoms with Gasteiger partial charge in [-0.3, -0.25) is 9.55 Å². The Bertz CT molecular complexity index is 498. The largest absolute Gasteiger partial charge is 0.493 e. The second kappa shape index (κ2) is 3.23. The third kappa shape index (κ3) is 1.52. The first-order valence-corrected chi connectivity index (χ1v) is 4.31. The Hall–Kier alpha value is -1.68. The highest BCUT2D eigenvalue weighted by Gasteiger charge is 2.02. The van der Waals surface area contributed by atoms with E-state index in [1.165, 1.54) is 10.8 Å². The molecule has 72 valence electrons. The Morgan fingerprint density at radius 2 is 1.93 bits per heavy atom. The number of hydrogen-bond acceptors (Lipinski definition) is 2. The number of imidazole rings is 1. The molecule has 1 aromatic heterocycles. The number of nitrogens with zero attached hydrogens (tertiary/aromatic N) is 1. The van der Waals surface area contributed by atoms with Crippen molar-refractivity contribution in [2.45, 2.75) is 0 Å². The molecule has 0 aliphatic carbocycles. The highest BCUT2D eigenvalue weighted by Crippen LogP contribution is 2.13. The summed E-state index contributed by atoms with van der Waals surface area (Å²) in [6.07, 6.45) is 1.31. The van der Waals surface area contributed by atoms with Crippen LogP contribution in [0.15, 0.2) is 35.3 Å². The van der Waals surface area contributed by atoms with Gasteiger partial charge in [0, 0.05) is 5.02 Å². The van der Waals surface area contributed by atoms with E-state index in [1.807, 2.05) is 0 Å². The van der Waals surface area contributed by atoms with Crippen LogP contribution in [0.2, 0.25) is 5.02 Å². The van der Waals surface area contributed by atoms with Crippen LogP contribution >= 0.6 is 11.6 Å². The zero-order valence-corrected chi connectivity index (χ0v) is 7.82. The molecule has 0 saturated carbocycles. The van der Waals surface area contributed by atoms with E-state index in [0.717, 1.165) is 0 Å². The lowest BCUT2D eigenvalue weighted by atomic mass is 10.3. The first-order valence-electron chi connectivity index (χ1n) is 3.93. The number of aromatic hydroxyl groups is 1. The molecule has 0 fully saturated rings. The minimum atomic E-state index is -0.384. The van der Waals surface area contributed by atoms with Gasteiger partial charge in [0.2, 0.25) is 5.88 Å². The molecule has 0 amide bonds. The van der Waals surface area contributed by atoms with Crippen LogP contribution in [0.4, 0.5) is 0 Å². The van der Waals surface area contributed by atoms with Crippen molar-refractivity contribution in [2.75, 3.05) is 0 Å². The van der Waals surface area contributed by atoms with Gasteiger partial charge in [-0.15, -0.1) is 0 Å². The molecule has 1 aromatic carbocycles. The second-order valence-corrected chi connectivity index (χ2v) is 3.23. The molecule has 14 heavy (non-hydrogen) atoms. The van der Waals surface area contributed by atoms with Crippen LogP contribution in [-0.4, -0.2) is 14.7 Å². The number of halogens is 1. The van der Waals surface area contributed by atoms with Crippen molar-refractivity contribution in [1.29, 1.82) is 0 Å². The fourth-order valence-electron chi connectivity index (χ4n) is 1.18. The predicted molar refractivity (Wildman–Crippen MR) is 53.1 cm³/mol. The standard InChI is InChI=1S/C9H7ClN2O2/c10-6-1-3-7(4-2-6)12-5-8(13)11-9(12)14/h1-5,13H,(H,11,14). The highest BCUT2D eigenvalue weighted by atomic mass is 35.5. The number of nitrogens with one attached hydrogen (secondary N) is 1. The van der Waals surface area contributed by atoms with E-state index in [9.17, 15) is 4.79 Å². The molecule has 2 aromatic rings. The van der Waals surface area contributed by atoms with Gasteiger partial charge in [0.1, 0.15) is 0 Å². The van der Waals surface area contributed by atoms with Gasteiger partial charge < -0.3 is 5.11 Å². The Labute approximate surface area is 84.4 Å². The van der Waals surface area contributed by atoms with E-state index in [4.69, 9.17) is 16.7 Å². The molecule has 0 saturated heterocycles. The molecular weight excluding hydrogens is 204 g/mol. The van der Waals surface area contributed by atoms with Gasteiger partial charge in [0.25, 0.3) is 0 Å². The molecule has 0 radical (unpaired) electrons. The summed E-state index contributed by atoms with van der Waals surface area (Å²) in [5.41, 5.74) is 0.265. The topological polar surface area (TPSA) is 58.0 Å². The normalized spacial score (nSPS) is 10.4. The van der Waals surface area contributed by atoms with E-state index >= 15 is 0 Å². The molecule has 0 aliphatic rings. The van der Waals surface area contributed by atoms with Gasteiger partial charge in [-0.2, -0.15) is 0 Å². The summed E-state index contributed by atoms with van der Waals surface area (Å²) in [5.74, 6) is -0.162. The third-order valence-electron chi connectivity index (χ3n) is 1.81. The third-order valence-corrected chi connectivity index (χ3v) is 2.06. The Morgan fingerprint density at radius 3 is 2.43 bits per heavy atom. The molecule has 0 unspecified atom stereocenters. The fourth-order valence-corrected chi connectivity index (χ4v) is 1.30. The second-order valence-electron chi connectivity index (χ2n) is 2.79. The number of aromatic amines is 1. The quantitative estimate of drug-likeness (QED) is 0.750. The van der Waals surface area contributed by atoms with Crippen LogP contribution in [0.3, 0.4) is 0 Å². The summed E-state index contributed by atoms with van der Waals surface area (Å²) in [5, 5.41) is 9.65. The lowest BCUT2D eigenvalue weighted by Gasteiger charge is -1.99.